The zero-order chi connectivity index (χ0) is 6.69. The van der Waals surface area contributed by atoms with Gasteiger partial charge in [-0.15, -0.1) is 0 Å². The molecule has 0 aromatic heterocycles. The van der Waals surface area contributed by atoms with Crippen LogP contribution in [-0.4, -0.2) is 19.6 Å². The molecule has 0 atom stereocenters. The minimum atomic E-state index is -0.285. The summed E-state index contributed by atoms with van der Waals surface area (Å²) in [7, 11) is 1.36. The van der Waals surface area contributed by atoms with Crippen LogP contribution >= 0.6 is 0 Å². The molecule has 0 saturated carbocycles. The molecule has 0 aromatic carbocycles. The van der Waals surface area contributed by atoms with Gasteiger partial charge >= 0.3 is 5.97 Å². The molecular weight excluding hydrogens is 120 g/mol. The quantitative estimate of drug-likeness (QED) is 0.452. The summed E-state index contributed by atoms with van der Waals surface area (Å²) in [5.41, 5.74) is 6.04. The van der Waals surface area contributed by atoms with Crippen LogP contribution in [0.3, 0.4) is 0 Å². The minimum absolute atomic E-state index is 0.285. The van der Waals surface area contributed by atoms with E-state index in [1.54, 1.807) is 6.20 Å². The van der Waals surface area contributed by atoms with Gasteiger partial charge in [0.05, 0.1) is 12.7 Å². The largest absolute Gasteiger partial charge is 0.466 e. The first-order valence-corrected chi connectivity index (χ1v) is 2.60. The van der Waals surface area contributed by atoms with E-state index in [0.29, 0.717) is 12.1 Å². The Labute approximate surface area is 52.8 Å². The lowest BCUT2D eigenvalue weighted by molar-refractivity contribution is -0.136. The van der Waals surface area contributed by atoms with E-state index < -0.39 is 0 Å². The predicted octanol–water partition coefficient (Wildman–Crippen LogP) is -0.849. The number of nitrogens with one attached hydrogen (secondary N) is 2. The van der Waals surface area contributed by atoms with Crippen molar-refractivity contribution in [1.82, 2.24) is 10.9 Å². The highest BCUT2D eigenvalue weighted by molar-refractivity contribution is 5.89. The molecule has 4 nitrogen and oxygen atoms in total. The molecule has 1 aliphatic rings. The highest BCUT2D eigenvalue weighted by atomic mass is 16.5. The maximum Gasteiger partial charge on any atom is 0.336 e. The Morgan fingerprint density at radius 1 is 1.89 bits per heavy atom. The Bertz CT molecular complexity index is 153. The SMILES string of the molecule is COC(=O)C1=CNNC1. The molecule has 0 aliphatic carbocycles. The van der Waals surface area contributed by atoms with Crippen LogP contribution in [0.5, 0.6) is 0 Å². The van der Waals surface area contributed by atoms with Crippen molar-refractivity contribution in [1.29, 1.82) is 0 Å². The van der Waals surface area contributed by atoms with Crippen LogP contribution in [0.2, 0.25) is 0 Å². The van der Waals surface area contributed by atoms with Gasteiger partial charge in [0, 0.05) is 12.7 Å². The smallest absolute Gasteiger partial charge is 0.336 e. The lowest BCUT2D eigenvalue weighted by Crippen LogP contribution is -2.21. The monoisotopic (exact) mass is 128 g/mol. The van der Waals surface area contributed by atoms with Gasteiger partial charge in [-0.05, 0) is 0 Å². The van der Waals surface area contributed by atoms with Crippen LogP contribution in [0.25, 0.3) is 0 Å². The first-order valence-electron chi connectivity index (χ1n) is 2.60. The summed E-state index contributed by atoms with van der Waals surface area (Å²) in [6, 6.07) is 0. The van der Waals surface area contributed by atoms with E-state index in [-0.39, 0.29) is 5.97 Å². The average molecular weight is 128 g/mol. The first-order chi connectivity index (χ1) is 4.34. The van der Waals surface area contributed by atoms with E-state index in [0.717, 1.165) is 0 Å². The predicted molar refractivity (Wildman–Crippen MR) is 31.2 cm³/mol. The standard InChI is InChI=1S/C5H8N2O2/c1-9-5(8)4-2-6-7-3-4/h2,6-7H,3H2,1H3. The van der Waals surface area contributed by atoms with Crippen LogP contribution in [-0.2, 0) is 9.53 Å². The summed E-state index contributed by atoms with van der Waals surface area (Å²) in [5, 5.41) is 0. The van der Waals surface area contributed by atoms with E-state index in [1.807, 2.05) is 0 Å². The number of hydrogen-bond donors (Lipinski definition) is 2. The maximum atomic E-state index is 10.6. The molecule has 1 heterocycles. The molecule has 0 aromatic rings. The van der Waals surface area contributed by atoms with Crippen LogP contribution in [0.4, 0.5) is 0 Å². The number of methoxy groups -OCH3 is 1. The molecule has 50 valence electrons. The van der Waals surface area contributed by atoms with Gasteiger partial charge < -0.3 is 10.2 Å². The average Bonchev–Trinajstić information content (AvgIpc) is 2.37. The Morgan fingerprint density at radius 3 is 3.11 bits per heavy atom. The fraction of sp³-hybridized carbons (Fsp3) is 0.400. The molecule has 1 aliphatic heterocycles. The lowest BCUT2D eigenvalue weighted by atomic mass is 10.3. The van der Waals surface area contributed by atoms with Crippen LogP contribution in [0, 0.1) is 0 Å². The summed E-state index contributed by atoms with van der Waals surface area (Å²) in [4.78, 5) is 10.6. The van der Waals surface area contributed by atoms with Crippen LogP contribution in [0.1, 0.15) is 0 Å². The Hall–Kier alpha value is -1.03. The van der Waals surface area contributed by atoms with Gasteiger partial charge in [0.25, 0.3) is 0 Å². The van der Waals surface area contributed by atoms with Gasteiger partial charge in [-0.1, -0.05) is 0 Å². The molecule has 2 N–H and O–H groups in total. The molecule has 0 amide bonds. The number of hydrogen-bond acceptors (Lipinski definition) is 4. The summed E-state index contributed by atoms with van der Waals surface area (Å²) >= 11 is 0. The summed E-state index contributed by atoms with van der Waals surface area (Å²) < 4.78 is 4.45. The molecular formula is C5H8N2O2. The number of carbonyl (C=O) groups excluding carboxylic acids is 1. The number of rotatable bonds is 1. The van der Waals surface area contributed by atoms with Crippen molar-refractivity contribution in [2.24, 2.45) is 0 Å². The molecule has 0 radical (unpaired) electrons. The second-order valence-corrected chi connectivity index (χ2v) is 1.66. The molecule has 0 bridgehead atoms. The first kappa shape index (κ1) is 6.10. The Morgan fingerprint density at radius 2 is 2.67 bits per heavy atom. The van der Waals surface area contributed by atoms with Crippen molar-refractivity contribution in [2.75, 3.05) is 13.7 Å². The maximum absolute atomic E-state index is 10.6. The highest BCUT2D eigenvalue weighted by Crippen LogP contribution is 1.96. The molecule has 0 unspecified atom stereocenters. The lowest BCUT2D eigenvalue weighted by Gasteiger charge is -1.94. The van der Waals surface area contributed by atoms with Crippen LogP contribution < -0.4 is 10.9 Å². The van der Waals surface area contributed by atoms with Crippen molar-refractivity contribution in [3.8, 4) is 0 Å². The molecule has 9 heavy (non-hydrogen) atoms. The van der Waals surface area contributed by atoms with Gasteiger partial charge in [0.2, 0.25) is 0 Å². The van der Waals surface area contributed by atoms with Crippen molar-refractivity contribution >= 4 is 5.97 Å². The minimum Gasteiger partial charge on any atom is -0.466 e. The van der Waals surface area contributed by atoms with Crippen LogP contribution in [0.15, 0.2) is 11.8 Å². The summed E-state index contributed by atoms with van der Waals surface area (Å²) in [6.07, 6.45) is 1.59. The molecule has 0 spiro atoms. The van der Waals surface area contributed by atoms with E-state index >= 15 is 0 Å². The van der Waals surface area contributed by atoms with E-state index in [2.05, 4.69) is 15.6 Å². The van der Waals surface area contributed by atoms with Gasteiger partial charge in [-0.25, -0.2) is 10.2 Å². The third-order valence-electron chi connectivity index (χ3n) is 1.07. The van der Waals surface area contributed by atoms with E-state index in [9.17, 15) is 4.79 Å². The normalized spacial score (nSPS) is 16.3. The summed E-state index contributed by atoms with van der Waals surface area (Å²) in [6.45, 7) is 0.534. The molecule has 4 heteroatoms. The van der Waals surface area contributed by atoms with Gasteiger partial charge in [-0.2, -0.15) is 0 Å². The third-order valence-corrected chi connectivity index (χ3v) is 1.07. The molecule has 0 saturated heterocycles. The summed E-state index contributed by atoms with van der Waals surface area (Å²) in [5.74, 6) is -0.285. The van der Waals surface area contributed by atoms with Crippen molar-refractivity contribution < 1.29 is 9.53 Å². The molecule has 1 rings (SSSR count). The zero-order valence-electron chi connectivity index (χ0n) is 5.10. The Balaban J connectivity index is 2.51. The fourth-order valence-electron chi connectivity index (χ4n) is 0.598. The third kappa shape index (κ3) is 1.20. The van der Waals surface area contributed by atoms with E-state index in [1.165, 1.54) is 7.11 Å². The Kier molecular flexibility index (Phi) is 1.69. The second kappa shape index (κ2) is 2.50. The topological polar surface area (TPSA) is 50.4 Å². The zero-order valence-corrected chi connectivity index (χ0v) is 5.10. The van der Waals surface area contributed by atoms with Gasteiger partial charge in [0.1, 0.15) is 0 Å². The van der Waals surface area contributed by atoms with Crippen molar-refractivity contribution in [3.63, 3.8) is 0 Å². The van der Waals surface area contributed by atoms with E-state index in [4.69, 9.17) is 0 Å². The number of ether oxygens (including phenoxy) is 1. The second-order valence-electron chi connectivity index (χ2n) is 1.66. The number of esters is 1. The highest BCUT2D eigenvalue weighted by Gasteiger charge is 2.11. The fourth-order valence-corrected chi connectivity index (χ4v) is 0.598. The van der Waals surface area contributed by atoms with Gasteiger partial charge in [-0.3, -0.25) is 0 Å². The van der Waals surface area contributed by atoms with Gasteiger partial charge in [0.15, 0.2) is 0 Å². The number of carbonyl (C=O) groups is 1. The number of hydrazine groups is 1. The van der Waals surface area contributed by atoms with Crippen molar-refractivity contribution in [2.45, 2.75) is 0 Å². The van der Waals surface area contributed by atoms with Crippen molar-refractivity contribution in [3.05, 3.63) is 11.8 Å². The molecule has 0 fully saturated rings.